The smallest absolute Gasteiger partial charge is 0.365 e. The minimum absolute atomic E-state index is 0.0844. The third-order valence-electron chi connectivity index (χ3n) is 2.25. The monoisotopic (exact) mass is 327 g/mol. The highest BCUT2D eigenvalue weighted by Crippen LogP contribution is 2.23. The summed E-state index contributed by atoms with van der Waals surface area (Å²) >= 11 is 4.48. The van der Waals surface area contributed by atoms with Crippen molar-refractivity contribution in [3.05, 3.63) is 44.3 Å². The molecule has 2 rings (SSSR count). The lowest BCUT2D eigenvalue weighted by Gasteiger charge is -2.07. The van der Waals surface area contributed by atoms with Crippen LogP contribution >= 0.6 is 27.3 Å². The summed E-state index contributed by atoms with van der Waals surface area (Å²) in [6.45, 7) is 2.22. The first-order chi connectivity index (χ1) is 8.56. The maximum Gasteiger partial charge on any atom is 0.365 e. The van der Waals surface area contributed by atoms with Gasteiger partial charge in [-0.05, 0) is 30.7 Å². The molecule has 0 spiro atoms. The molecule has 1 aromatic carbocycles. The quantitative estimate of drug-likeness (QED) is 0.933. The van der Waals surface area contributed by atoms with Crippen LogP contribution in [-0.2, 0) is 6.61 Å². The summed E-state index contributed by atoms with van der Waals surface area (Å²) < 4.78 is 6.60. The number of hydrogen-bond donors (Lipinski definition) is 1. The van der Waals surface area contributed by atoms with Crippen LogP contribution in [0.3, 0.4) is 0 Å². The Morgan fingerprint density at radius 3 is 2.94 bits per heavy atom. The molecule has 0 aliphatic rings. The second-order valence-electron chi connectivity index (χ2n) is 3.65. The Morgan fingerprint density at radius 2 is 2.33 bits per heavy atom. The number of nitrogens with zero attached hydrogens (tertiary/aromatic N) is 1. The van der Waals surface area contributed by atoms with Crippen LogP contribution in [-0.4, -0.2) is 16.1 Å². The van der Waals surface area contributed by atoms with E-state index in [2.05, 4.69) is 20.9 Å². The Kier molecular flexibility index (Phi) is 3.98. The number of aromatic nitrogens is 1. The highest BCUT2D eigenvalue weighted by molar-refractivity contribution is 9.10. The van der Waals surface area contributed by atoms with E-state index in [9.17, 15) is 4.79 Å². The molecule has 1 N–H and O–H groups in total. The van der Waals surface area contributed by atoms with Gasteiger partial charge in [-0.3, -0.25) is 0 Å². The summed E-state index contributed by atoms with van der Waals surface area (Å²) in [5.41, 5.74) is 1.64. The van der Waals surface area contributed by atoms with E-state index >= 15 is 0 Å². The van der Waals surface area contributed by atoms with E-state index in [1.165, 1.54) is 0 Å². The lowest BCUT2D eigenvalue weighted by Crippen LogP contribution is -2.00. The summed E-state index contributed by atoms with van der Waals surface area (Å²) in [6, 6.07) is 5.72. The van der Waals surface area contributed by atoms with Crippen LogP contribution in [0.1, 0.15) is 21.1 Å². The Balaban J connectivity index is 2.04. The minimum Gasteiger partial charge on any atom is -0.487 e. The number of thiazole rings is 1. The zero-order valence-corrected chi connectivity index (χ0v) is 11.9. The third kappa shape index (κ3) is 3.08. The molecule has 0 aliphatic heterocycles. The molecule has 94 valence electrons. The van der Waals surface area contributed by atoms with E-state index in [0.717, 1.165) is 27.1 Å². The highest BCUT2D eigenvalue weighted by atomic mass is 79.9. The van der Waals surface area contributed by atoms with Gasteiger partial charge in [0.2, 0.25) is 5.01 Å². The van der Waals surface area contributed by atoms with Gasteiger partial charge in [0.15, 0.2) is 0 Å². The molecule has 0 fully saturated rings. The van der Waals surface area contributed by atoms with Crippen LogP contribution < -0.4 is 4.74 Å². The van der Waals surface area contributed by atoms with E-state index in [1.807, 2.05) is 25.1 Å². The second kappa shape index (κ2) is 5.49. The zero-order valence-electron chi connectivity index (χ0n) is 9.51. The van der Waals surface area contributed by atoms with Crippen molar-refractivity contribution >= 4 is 33.2 Å². The van der Waals surface area contributed by atoms with E-state index < -0.39 is 5.97 Å². The molecule has 2 aromatic rings. The summed E-state index contributed by atoms with van der Waals surface area (Å²) in [6.07, 6.45) is 0. The predicted molar refractivity (Wildman–Crippen MR) is 72.3 cm³/mol. The second-order valence-corrected chi connectivity index (χ2v) is 5.42. The average Bonchev–Trinajstić information content (AvgIpc) is 2.76. The fourth-order valence-electron chi connectivity index (χ4n) is 1.40. The maximum atomic E-state index is 10.7. The van der Waals surface area contributed by atoms with Gasteiger partial charge in [-0.15, -0.1) is 11.3 Å². The fraction of sp³-hybridized carbons (Fsp3) is 0.167. The molecule has 1 heterocycles. The summed E-state index contributed by atoms with van der Waals surface area (Å²) in [7, 11) is 0. The van der Waals surface area contributed by atoms with Gasteiger partial charge >= 0.3 is 5.97 Å². The Labute approximate surface area is 116 Å². The van der Waals surface area contributed by atoms with Gasteiger partial charge in [0.25, 0.3) is 0 Å². The number of carbonyl (C=O) groups is 1. The number of halogens is 1. The molecular formula is C12H10BrNO3S. The van der Waals surface area contributed by atoms with Crippen molar-refractivity contribution in [1.82, 2.24) is 4.98 Å². The first-order valence-corrected chi connectivity index (χ1v) is 6.80. The fourth-order valence-corrected chi connectivity index (χ4v) is 2.51. The molecule has 0 saturated heterocycles. The lowest BCUT2D eigenvalue weighted by molar-refractivity contribution is 0.0696. The molecule has 0 radical (unpaired) electrons. The molecule has 6 heteroatoms. The minimum atomic E-state index is -1.01. The van der Waals surface area contributed by atoms with Crippen molar-refractivity contribution in [3.8, 4) is 5.75 Å². The Hall–Kier alpha value is -1.40. The number of ether oxygens (including phenoxy) is 1. The van der Waals surface area contributed by atoms with E-state index in [0.29, 0.717) is 5.69 Å². The van der Waals surface area contributed by atoms with E-state index in [1.54, 1.807) is 5.38 Å². The number of carboxylic acids is 1. The largest absolute Gasteiger partial charge is 0.487 e. The zero-order chi connectivity index (χ0) is 13.1. The van der Waals surface area contributed by atoms with Gasteiger partial charge in [-0.2, -0.15) is 0 Å². The van der Waals surface area contributed by atoms with E-state index in [-0.39, 0.29) is 11.6 Å². The molecule has 0 aliphatic carbocycles. The van der Waals surface area contributed by atoms with Crippen LogP contribution in [0.25, 0.3) is 0 Å². The molecule has 4 nitrogen and oxygen atoms in total. The van der Waals surface area contributed by atoms with Gasteiger partial charge in [0.1, 0.15) is 12.4 Å². The van der Waals surface area contributed by atoms with Crippen molar-refractivity contribution < 1.29 is 14.6 Å². The van der Waals surface area contributed by atoms with Crippen molar-refractivity contribution in [2.75, 3.05) is 0 Å². The number of carboxylic acid groups (broad SMARTS) is 1. The molecule has 0 saturated carbocycles. The van der Waals surface area contributed by atoms with Gasteiger partial charge in [-0.25, -0.2) is 9.78 Å². The van der Waals surface area contributed by atoms with Crippen LogP contribution in [0.15, 0.2) is 28.1 Å². The van der Waals surface area contributed by atoms with Crippen LogP contribution in [0, 0.1) is 6.92 Å². The molecule has 0 atom stereocenters. The highest BCUT2D eigenvalue weighted by Gasteiger charge is 2.09. The van der Waals surface area contributed by atoms with Crippen molar-refractivity contribution in [3.63, 3.8) is 0 Å². The first kappa shape index (κ1) is 13.0. The number of hydrogen-bond acceptors (Lipinski definition) is 4. The van der Waals surface area contributed by atoms with Crippen molar-refractivity contribution in [2.45, 2.75) is 13.5 Å². The molecular weight excluding hydrogens is 318 g/mol. The van der Waals surface area contributed by atoms with Crippen LogP contribution in [0.5, 0.6) is 5.75 Å². The summed E-state index contributed by atoms with van der Waals surface area (Å²) in [5, 5.41) is 10.5. The SMILES string of the molecule is Cc1cc(Br)ccc1OCc1csc(C(=O)O)n1. The van der Waals surface area contributed by atoms with E-state index in [4.69, 9.17) is 9.84 Å². The molecule has 18 heavy (non-hydrogen) atoms. The molecule has 0 unspecified atom stereocenters. The number of rotatable bonds is 4. The maximum absolute atomic E-state index is 10.7. The molecule has 0 amide bonds. The number of aromatic carboxylic acids is 1. The standard InChI is InChI=1S/C12H10BrNO3S/c1-7-4-8(13)2-3-10(7)17-5-9-6-18-11(14-9)12(15)16/h2-4,6H,5H2,1H3,(H,15,16). The third-order valence-corrected chi connectivity index (χ3v) is 3.62. The van der Waals surface area contributed by atoms with Crippen LogP contribution in [0.2, 0.25) is 0 Å². The lowest BCUT2D eigenvalue weighted by atomic mass is 10.2. The summed E-state index contributed by atoms with van der Waals surface area (Å²) in [5.74, 6) is -0.242. The topological polar surface area (TPSA) is 59.4 Å². The first-order valence-electron chi connectivity index (χ1n) is 5.13. The van der Waals surface area contributed by atoms with Crippen LogP contribution in [0.4, 0.5) is 0 Å². The van der Waals surface area contributed by atoms with Crippen molar-refractivity contribution in [2.24, 2.45) is 0 Å². The van der Waals surface area contributed by atoms with Crippen molar-refractivity contribution in [1.29, 1.82) is 0 Å². The Morgan fingerprint density at radius 1 is 1.56 bits per heavy atom. The molecule has 0 bridgehead atoms. The van der Waals surface area contributed by atoms with Gasteiger partial charge < -0.3 is 9.84 Å². The number of benzene rings is 1. The van der Waals surface area contributed by atoms with Gasteiger partial charge in [0, 0.05) is 9.85 Å². The summed E-state index contributed by atoms with van der Waals surface area (Å²) in [4.78, 5) is 14.6. The van der Waals surface area contributed by atoms with Gasteiger partial charge in [-0.1, -0.05) is 15.9 Å². The van der Waals surface area contributed by atoms with Gasteiger partial charge in [0.05, 0.1) is 5.69 Å². The normalized spacial score (nSPS) is 10.3. The number of aryl methyl sites for hydroxylation is 1. The predicted octanol–water partition coefficient (Wildman–Crippen LogP) is 3.49. The molecule has 1 aromatic heterocycles. The average molecular weight is 328 g/mol. The Bertz CT molecular complexity index is 582.